The third-order valence-corrected chi connectivity index (χ3v) is 3.42. The van der Waals surface area contributed by atoms with Crippen LogP contribution in [0.25, 0.3) is 0 Å². The predicted molar refractivity (Wildman–Crippen MR) is 73.8 cm³/mol. The highest BCUT2D eigenvalue weighted by atomic mass is 79.9. The zero-order chi connectivity index (χ0) is 13.8. The molecule has 0 heterocycles. The summed E-state index contributed by atoms with van der Waals surface area (Å²) < 4.78 is 6.06. The number of aliphatic hydroxyl groups is 1. The minimum absolute atomic E-state index is 0.223. The first-order valence-corrected chi connectivity index (χ1v) is 6.41. The molecule has 100 valence electrons. The molecule has 1 aromatic carbocycles. The monoisotopic (exact) mass is 315 g/mol. The van der Waals surface area contributed by atoms with E-state index in [0.717, 1.165) is 15.8 Å². The summed E-state index contributed by atoms with van der Waals surface area (Å²) in [7, 11) is 1.62. The first-order chi connectivity index (χ1) is 8.40. The number of carbonyl (C=O) groups is 1. The average molecular weight is 316 g/mol. The fraction of sp³-hybridized carbons (Fsp3) is 0.462. The summed E-state index contributed by atoms with van der Waals surface area (Å²) in [6, 6.07) is 5.83. The number of rotatable bonds is 5. The summed E-state index contributed by atoms with van der Waals surface area (Å²) in [5, 5.41) is 11.4. The molecule has 0 saturated carbocycles. The Kier molecular flexibility index (Phi) is 5.16. The number of hydrogen-bond donors (Lipinski definition) is 2. The van der Waals surface area contributed by atoms with Crippen molar-refractivity contribution in [2.75, 3.05) is 20.3 Å². The van der Waals surface area contributed by atoms with Crippen molar-refractivity contribution in [3.05, 3.63) is 28.2 Å². The summed E-state index contributed by atoms with van der Waals surface area (Å²) in [5.41, 5.74) is 0.855. The lowest BCUT2D eigenvalue weighted by molar-refractivity contribution is -0.124. The van der Waals surface area contributed by atoms with Gasteiger partial charge in [0.25, 0.3) is 0 Å². The fourth-order valence-corrected chi connectivity index (χ4v) is 2.11. The van der Waals surface area contributed by atoms with Crippen molar-refractivity contribution in [2.24, 2.45) is 0 Å². The molecule has 1 aromatic rings. The van der Waals surface area contributed by atoms with Gasteiger partial charge in [-0.15, -0.1) is 0 Å². The minimum Gasteiger partial charge on any atom is -0.496 e. The van der Waals surface area contributed by atoms with Crippen molar-refractivity contribution in [3.8, 4) is 5.75 Å². The topological polar surface area (TPSA) is 58.6 Å². The van der Waals surface area contributed by atoms with Crippen molar-refractivity contribution in [3.63, 3.8) is 0 Å². The second-order valence-corrected chi connectivity index (χ2v) is 5.52. The molecule has 0 spiro atoms. The van der Waals surface area contributed by atoms with Crippen LogP contribution in [-0.2, 0) is 10.2 Å². The zero-order valence-electron chi connectivity index (χ0n) is 10.8. The van der Waals surface area contributed by atoms with Crippen LogP contribution in [0, 0.1) is 0 Å². The third kappa shape index (κ3) is 3.71. The van der Waals surface area contributed by atoms with E-state index in [1.165, 1.54) is 0 Å². The molecule has 0 aliphatic rings. The third-order valence-electron chi connectivity index (χ3n) is 2.80. The maximum absolute atomic E-state index is 11.1. The van der Waals surface area contributed by atoms with Crippen LogP contribution in [-0.4, -0.2) is 31.3 Å². The van der Waals surface area contributed by atoms with E-state index in [4.69, 9.17) is 9.84 Å². The van der Waals surface area contributed by atoms with Gasteiger partial charge in [-0.2, -0.15) is 0 Å². The molecule has 2 N–H and O–H groups in total. The number of nitrogens with one attached hydrogen (secondary N) is 1. The smallest absolute Gasteiger partial charge is 0.245 e. The number of methoxy groups -OCH3 is 1. The van der Waals surface area contributed by atoms with Crippen LogP contribution in [0.3, 0.4) is 0 Å². The van der Waals surface area contributed by atoms with Gasteiger partial charge < -0.3 is 15.2 Å². The highest BCUT2D eigenvalue weighted by Gasteiger charge is 2.22. The highest BCUT2D eigenvalue weighted by molar-refractivity contribution is 9.10. The van der Waals surface area contributed by atoms with Gasteiger partial charge in [-0.1, -0.05) is 19.9 Å². The van der Waals surface area contributed by atoms with Crippen LogP contribution in [0.5, 0.6) is 5.75 Å². The van der Waals surface area contributed by atoms with Crippen molar-refractivity contribution < 1.29 is 14.6 Å². The quantitative estimate of drug-likeness (QED) is 0.871. The first-order valence-electron chi connectivity index (χ1n) is 5.62. The fourth-order valence-electron chi connectivity index (χ4n) is 1.56. The molecular formula is C13H18BrNO3. The van der Waals surface area contributed by atoms with E-state index in [-0.39, 0.29) is 11.3 Å². The van der Waals surface area contributed by atoms with E-state index in [9.17, 15) is 4.79 Å². The van der Waals surface area contributed by atoms with E-state index in [0.29, 0.717) is 6.54 Å². The number of halogens is 1. The Hall–Kier alpha value is -1.07. The van der Waals surface area contributed by atoms with Gasteiger partial charge in [0, 0.05) is 12.0 Å². The van der Waals surface area contributed by atoms with Crippen LogP contribution in [0.4, 0.5) is 0 Å². The van der Waals surface area contributed by atoms with Gasteiger partial charge in [0.05, 0.1) is 11.6 Å². The maximum Gasteiger partial charge on any atom is 0.245 e. The Morgan fingerprint density at radius 1 is 1.50 bits per heavy atom. The Balaban J connectivity index is 2.84. The summed E-state index contributed by atoms with van der Waals surface area (Å²) in [6.07, 6.45) is 0. The van der Waals surface area contributed by atoms with Crippen molar-refractivity contribution >= 4 is 21.8 Å². The van der Waals surface area contributed by atoms with E-state index in [1.807, 2.05) is 32.0 Å². The van der Waals surface area contributed by atoms with Crippen LogP contribution >= 0.6 is 15.9 Å². The Morgan fingerprint density at radius 2 is 2.17 bits per heavy atom. The van der Waals surface area contributed by atoms with Crippen LogP contribution in [0.2, 0.25) is 0 Å². The second-order valence-electron chi connectivity index (χ2n) is 4.67. The molecule has 18 heavy (non-hydrogen) atoms. The molecule has 1 amide bonds. The maximum atomic E-state index is 11.1. The molecule has 4 nitrogen and oxygen atoms in total. The van der Waals surface area contributed by atoms with E-state index < -0.39 is 6.61 Å². The molecule has 5 heteroatoms. The highest BCUT2D eigenvalue weighted by Crippen LogP contribution is 2.31. The number of carbonyl (C=O) groups excluding carboxylic acids is 1. The van der Waals surface area contributed by atoms with Gasteiger partial charge in [-0.25, -0.2) is 0 Å². The lowest BCUT2D eigenvalue weighted by Crippen LogP contribution is -2.37. The van der Waals surface area contributed by atoms with Gasteiger partial charge in [0.2, 0.25) is 5.91 Å². The van der Waals surface area contributed by atoms with Crippen molar-refractivity contribution in [2.45, 2.75) is 19.3 Å². The van der Waals surface area contributed by atoms with Crippen molar-refractivity contribution in [1.29, 1.82) is 0 Å². The van der Waals surface area contributed by atoms with Crippen molar-refractivity contribution in [1.82, 2.24) is 5.32 Å². The number of amides is 1. The van der Waals surface area contributed by atoms with Gasteiger partial charge in [0.15, 0.2) is 0 Å². The number of hydrogen-bond acceptors (Lipinski definition) is 3. The first kappa shape index (κ1) is 15.0. The zero-order valence-corrected chi connectivity index (χ0v) is 12.4. The molecule has 0 unspecified atom stereocenters. The second kappa shape index (κ2) is 6.20. The lowest BCUT2D eigenvalue weighted by Gasteiger charge is -2.26. The average Bonchev–Trinajstić information content (AvgIpc) is 2.35. The molecule has 0 atom stereocenters. The summed E-state index contributed by atoms with van der Waals surface area (Å²) >= 11 is 3.44. The van der Waals surface area contributed by atoms with E-state index in [1.54, 1.807) is 7.11 Å². The van der Waals surface area contributed by atoms with Crippen LogP contribution < -0.4 is 10.1 Å². The minimum atomic E-state index is -0.484. The molecule has 0 aromatic heterocycles. The molecule has 0 bridgehead atoms. The molecule has 0 aliphatic carbocycles. The van der Waals surface area contributed by atoms with E-state index >= 15 is 0 Å². The lowest BCUT2D eigenvalue weighted by atomic mass is 9.84. The molecule has 0 aliphatic heterocycles. The van der Waals surface area contributed by atoms with Gasteiger partial charge in [-0.3, -0.25) is 4.79 Å². The van der Waals surface area contributed by atoms with Gasteiger partial charge >= 0.3 is 0 Å². The van der Waals surface area contributed by atoms with Gasteiger partial charge in [0.1, 0.15) is 12.4 Å². The molecule has 0 fully saturated rings. The number of aliphatic hydroxyl groups excluding tert-OH is 1. The van der Waals surface area contributed by atoms with E-state index in [2.05, 4.69) is 21.2 Å². The Morgan fingerprint density at radius 3 is 2.67 bits per heavy atom. The summed E-state index contributed by atoms with van der Waals surface area (Å²) in [4.78, 5) is 11.1. The van der Waals surface area contributed by atoms with Crippen LogP contribution in [0.1, 0.15) is 19.4 Å². The number of benzene rings is 1. The standard InChI is InChI=1S/C13H18BrNO3/c1-13(2,8-15-12(17)7-16)9-4-5-11(18-3)10(14)6-9/h4-6,16H,7-8H2,1-3H3,(H,15,17). The predicted octanol–water partition coefficient (Wildman–Crippen LogP) is 1.84. The number of ether oxygens (including phenoxy) is 1. The molecular weight excluding hydrogens is 298 g/mol. The van der Waals surface area contributed by atoms with Gasteiger partial charge in [-0.05, 0) is 33.6 Å². The Labute approximate surface area is 115 Å². The summed E-state index contributed by atoms with van der Waals surface area (Å²) in [5.74, 6) is 0.407. The summed E-state index contributed by atoms with van der Waals surface area (Å²) in [6.45, 7) is 4.03. The normalized spacial score (nSPS) is 11.2. The van der Waals surface area contributed by atoms with Crippen LogP contribution in [0.15, 0.2) is 22.7 Å². The molecule has 0 radical (unpaired) electrons. The molecule has 1 rings (SSSR count). The Bertz CT molecular complexity index is 432. The SMILES string of the molecule is COc1ccc(C(C)(C)CNC(=O)CO)cc1Br. The molecule has 0 saturated heterocycles. The largest absolute Gasteiger partial charge is 0.496 e.